The summed E-state index contributed by atoms with van der Waals surface area (Å²) >= 11 is 1.60. The number of guanidine groups is 1. The smallest absolute Gasteiger partial charge is 0.193 e. The average Bonchev–Trinajstić information content (AvgIpc) is 3.35. The number of ether oxygens (including phenoxy) is 1. The van der Waals surface area contributed by atoms with Gasteiger partial charge in [0.15, 0.2) is 5.96 Å². The van der Waals surface area contributed by atoms with Crippen molar-refractivity contribution in [1.82, 2.24) is 4.98 Å². The van der Waals surface area contributed by atoms with E-state index in [4.69, 9.17) is 10.5 Å². The van der Waals surface area contributed by atoms with Crippen LogP contribution in [0.15, 0.2) is 52.8 Å². The molecule has 0 radical (unpaired) electrons. The third-order valence-corrected chi connectivity index (χ3v) is 5.61. The molecule has 4 rings (SSSR count). The minimum atomic E-state index is 0. The predicted octanol–water partition coefficient (Wildman–Crippen LogP) is 4.85. The molecule has 3 N–H and O–H groups in total. The van der Waals surface area contributed by atoms with E-state index in [1.807, 2.05) is 29.6 Å². The van der Waals surface area contributed by atoms with Crippen molar-refractivity contribution in [2.45, 2.75) is 25.8 Å². The molecule has 0 bridgehead atoms. The first-order valence-corrected chi connectivity index (χ1v) is 9.87. The molecule has 146 valence electrons. The summed E-state index contributed by atoms with van der Waals surface area (Å²) in [7, 11) is 1.66. The summed E-state index contributed by atoms with van der Waals surface area (Å²) in [4.78, 5) is 9.07. The van der Waals surface area contributed by atoms with Crippen LogP contribution in [0.3, 0.4) is 0 Å². The average molecular weight is 506 g/mol. The molecule has 1 heterocycles. The van der Waals surface area contributed by atoms with E-state index in [1.165, 1.54) is 24.0 Å². The van der Waals surface area contributed by atoms with Crippen molar-refractivity contribution in [2.75, 3.05) is 12.4 Å². The van der Waals surface area contributed by atoms with Gasteiger partial charge in [-0.05, 0) is 66.8 Å². The van der Waals surface area contributed by atoms with Crippen molar-refractivity contribution in [3.63, 3.8) is 0 Å². The highest BCUT2D eigenvalue weighted by Crippen LogP contribution is 2.26. The number of anilines is 1. The summed E-state index contributed by atoms with van der Waals surface area (Å²) in [5, 5.41) is 6.17. The molecule has 3 aromatic rings. The minimum absolute atomic E-state index is 0. The Bertz CT molecular complexity index is 969. The molecule has 1 aliphatic carbocycles. The van der Waals surface area contributed by atoms with Crippen LogP contribution < -0.4 is 15.8 Å². The molecule has 1 aromatic heterocycles. The Hall–Kier alpha value is -2.13. The van der Waals surface area contributed by atoms with Gasteiger partial charge in [0, 0.05) is 16.6 Å². The maximum absolute atomic E-state index is 6.05. The highest BCUT2D eigenvalue weighted by atomic mass is 127. The van der Waals surface area contributed by atoms with Gasteiger partial charge in [-0.3, -0.25) is 0 Å². The van der Waals surface area contributed by atoms with Gasteiger partial charge in [0.1, 0.15) is 10.8 Å². The topological polar surface area (TPSA) is 72.5 Å². The number of hydrogen-bond donors (Lipinski definition) is 2. The summed E-state index contributed by atoms with van der Waals surface area (Å²) < 4.78 is 5.19. The fourth-order valence-electron chi connectivity index (χ4n) is 3.25. The largest absolute Gasteiger partial charge is 0.497 e. The van der Waals surface area contributed by atoms with Crippen LogP contribution in [-0.4, -0.2) is 18.1 Å². The van der Waals surface area contributed by atoms with Crippen molar-refractivity contribution in [3.05, 3.63) is 64.7 Å². The lowest BCUT2D eigenvalue weighted by Crippen LogP contribution is -2.22. The number of rotatable bonds is 5. The maximum atomic E-state index is 6.05. The lowest BCUT2D eigenvalue weighted by molar-refractivity contribution is 0.415. The van der Waals surface area contributed by atoms with Gasteiger partial charge in [-0.2, -0.15) is 0 Å². The van der Waals surface area contributed by atoms with Crippen molar-refractivity contribution >= 4 is 47.0 Å². The number of nitrogens with one attached hydrogen (secondary N) is 1. The second-order valence-corrected chi connectivity index (χ2v) is 7.39. The molecule has 0 saturated carbocycles. The number of thiazole rings is 1. The van der Waals surface area contributed by atoms with E-state index >= 15 is 0 Å². The van der Waals surface area contributed by atoms with Crippen LogP contribution in [0.5, 0.6) is 5.75 Å². The Balaban J connectivity index is 0.00000225. The first-order chi connectivity index (χ1) is 13.2. The molecule has 2 aromatic carbocycles. The number of aromatic nitrogens is 1. The van der Waals surface area contributed by atoms with E-state index in [9.17, 15) is 0 Å². The molecule has 0 amide bonds. The monoisotopic (exact) mass is 506 g/mol. The fraction of sp³-hybridized carbons (Fsp3) is 0.238. The molecule has 0 unspecified atom stereocenters. The Morgan fingerprint density at radius 1 is 1.18 bits per heavy atom. The van der Waals surface area contributed by atoms with Gasteiger partial charge in [-0.25, -0.2) is 9.98 Å². The highest BCUT2D eigenvalue weighted by molar-refractivity contribution is 14.0. The molecular weight excluding hydrogens is 483 g/mol. The number of hydrogen-bond acceptors (Lipinski definition) is 4. The second kappa shape index (κ2) is 9.38. The Morgan fingerprint density at radius 3 is 2.75 bits per heavy atom. The van der Waals surface area contributed by atoms with Crippen molar-refractivity contribution in [1.29, 1.82) is 0 Å². The summed E-state index contributed by atoms with van der Waals surface area (Å²) in [5.41, 5.74) is 11.9. The van der Waals surface area contributed by atoms with Crippen LogP contribution in [0.1, 0.15) is 23.2 Å². The van der Waals surface area contributed by atoms with E-state index in [1.54, 1.807) is 18.4 Å². The molecular formula is C21H23IN4OS. The van der Waals surface area contributed by atoms with Crippen LogP contribution in [0.25, 0.3) is 10.6 Å². The molecule has 0 spiro atoms. The Kier molecular flexibility index (Phi) is 6.90. The van der Waals surface area contributed by atoms with E-state index in [2.05, 4.69) is 33.5 Å². The summed E-state index contributed by atoms with van der Waals surface area (Å²) in [6.07, 6.45) is 3.57. The molecule has 28 heavy (non-hydrogen) atoms. The third-order valence-electron chi connectivity index (χ3n) is 4.67. The minimum Gasteiger partial charge on any atom is -0.497 e. The van der Waals surface area contributed by atoms with E-state index in [0.29, 0.717) is 12.5 Å². The SMILES string of the molecule is COc1ccc(-c2nc(CN=C(N)Nc3ccc4c(c3)CCC4)cs2)cc1.I. The summed E-state index contributed by atoms with van der Waals surface area (Å²) in [6.45, 7) is 0.455. The maximum Gasteiger partial charge on any atom is 0.193 e. The van der Waals surface area contributed by atoms with Gasteiger partial charge in [-0.1, -0.05) is 6.07 Å². The van der Waals surface area contributed by atoms with Gasteiger partial charge >= 0.3 is 0 Å². The van der Waals surface area contributed by atoms with Crippen LogP contribution in [0.4, 0.5) is 5.69 Å². The first kappa shape index (κ1) is 20.6. The summed E-state index contributed by atoms with van der Waals surface area (Å²) in [6, 6.07) is 14.3. The van der Waals surface area contributed by atoms with E-state index in [0.717, 1.165) is 34.1 Å². The zero-order chi connectivity index (χ0) is 18.6. The number of benzene rings is 2. The van der Waals surface area contributed by atoms with Gasteiger partial charge in [0.2, 0.25) is 0 Å². The number of halogens is 1. The molecule has 0 aliphatic heterocycles. The summed E-state index contributed by atoms with van der Waals surface area (Å²) in [5.74, 6) is 1.25. The van der Waals surface area contributed by atoms with Crippen molar-refractivity contribution in [3.8, 4) is 16.3 Å². The van der Waals surface area contributed by atoms with E-state index < -0.39 is 0 Å². The second-order valence-electron chi connectivity index (χ2n) is 6.54. The lowest BCUT2D eigenvalue weighted by atomic mass is 10.1. The Labute approximate surface area is 186 Å². The van der Waals surface area contributed by atoms with Gasteiger partial charge in [0.25, 0.3) is 0 Å². The van der Waals surface area contributed by atoms with E-state index in [-0.39, 0.29) is 24.0 Å². The predicted molar refractivity (Wildman–Crippen MR) is 127 cm³/mol. The molecule has 0 saturated heterocycles. The van der Waals surface area contributed by atoms with Gasteiger partial charge in [0.05, 0.1) is 19.3 Å². The normalized spacial score (nSPS) is 13.0. The zero-order valence-electron chi connectivity index (χ0n) is 15.6. The molecule has 7 heteroatoms. The molecule has 0 atom stereocenters. The van der Waals surface area contributed by atoms with Crippen LogP contribution in [-0.2, 0) is 19.4 Å². The number of nitrogens with zero attached hydrogens (tertiary/aromatic N) is 2. The standard InChI is InChI=1S/C21H22N4OS.HI/c1-26-19-9-6-15(7-10-19)20-24-18(13-27-20)12-23-21(22)25-17-8-5-14-3-2-4-16(14)11-17;/h5-11,13H,2-4,12H2,1H3,(H3,22,23,25);1H. The van der Waals surface area contributed by atoms with Crippen LogP contribution in [0, 0.1) is 0 Å². The number of nitrogens with two attached hydrogens (primary N) is 1. The molecule has 0 fully saturated rings. The molecule has 1 aliphatic rings. The quantitative estimate of drug-likeness (QED) is 0.295. The zero-order valence-corrected chi connectivity index (χ0v) is 18.8. The number of fused-ring (bicyclic) bond motifs is 1. The van der Waals surface area contributed by atoms with Crippen LogP contribution >= 0.6 is 35.3 Å². The highest BCUT2D eigenvalue weighted by Gasteiger charge is 2.11. The van der Waals surface area contributed by atoms with Gasteiger partial charge in [-0.15, -0.1) is 35.3 Å². The third kappa shape index (κ3) is 4.82. The van der Waals surface area contributed by atoms with Crippen molar-refractivity contribution in [2.24, 2.45) is 10.7 Å². The number of aryl methyl sites for hydroxylation is 2. The van der Waals surface area contributed by atoms with Crippen LogP contribution in [0.2, 0.25) is 0 Å². The van der Waals surface area contributed by atoms with Crippen molar-refractivity contribution < 1.29 is 4.74 Å². The number of aliphatic imine (C=N–C) groups is 1. The Morgan fingerprint density at radius 2 is 1.96 bits per heavy atom. The van der Waals surface area contributed by atoms with Gasteiger partial charge < -0.3 is 15.8 Å². The first-order valence-electron chi connectivity index (χ1n) is 8.99. The lowest BCUT2D eigenvalue weighted by Gasteiger charge is -2.07. The fourth-order valence-corrected chi connectivity index (χ4v) is 4.07. The number of methoxy groups -OCH3 is 1. The molecule has 5 nitrogen and oxygen atoms in total.